The maximum atomic E-state index is 5.97. The van der Waals surface area contributed by atoms with E-state index in [0.29, 0.717) is 18.6 Å². The number of ether oxygens (including phenoxy) is 1. The minimum absolute atomic E-state index is 0.465. The zero-order chi connectivity index (χ0) is 18.8. The molecule has 1 aliphatic heterocycles. The van der Waals surface area contributed by atoms with Crippen LogP contribution in [0.15, 0.2) is 29.3 Å². The van der Waals surface area contributed by atoms with Crippen molar-refractivity contribution in [2.75, 3.05) is 39.8 Å². The predicted octanol–water partition coefficient (Wildman–Crippen LogP) is 3.23. The van der Waals surface area contributed by atoms with E-state index in [4.69, 9.17) is 4.74 Å². The molecule has 0 aliphatic carbocycles. The minimum Gasteiger partial charge on any atom is -0.491 e. The molecule has 0 spiro atoms. The van der Waals surface area contributed by atoms with Gasteiger partial charge in [-0.25, -0.2) is 0 Å². The average molecular weight is 361 g/mol. The first kappa shape index (κ1) is 20.6. The van der Waals surface area contributed by atoms with Crippen molar-refractivity contribution in [3.63, 3.8) is 0 Å². The first-order valence-electron chi connectivity index (χ1n) is 10.0. The highest BCUT2D eigenvalue weighted by molar-refractivity contribution is 5.79. The van der Waals surface area contributed by atoms with E-state index in [1.807, 2.05) is 19.2 Å². The number of nitrogens with zero attached hydrogens (tertiary/aromatic N) is 2. The van der Waals surface area contributed by atoms with Crippen molar-refractivity contribution in [1.82, 2.24) is 15.5 Å². The van der Waals surface area contributed by atoms with E-state index in [0.717, 1.165) is 18.3 Å². The Balaban J connectivity index is 1.70. The van der Waals surface area contributed by atoms with Crippen LogP contribution in [0.1, 0.15) is 51.5 Å². The lowest BCUT2D eigenvalue weighted by Gasteiger charge is -2.32. The van der Waals surface area contributed by atoms with Crippen LogP contribution in [0.3, 0.4) is 0 Å². The number of guanidine groups is 1. The Morgan fingerprint density at radius 1 is 1.27 bits per heavy atom. The molecule has 1 fully saturated rings. The molecule has 1 aromatic carbocycles. The summed E-state index contributed by atoms with van der Waals surface area (Å²) < 4.78 is 5.97. The molecule has 2 N–H and O–H groups in total. The molecule has 26 heavy (non-hydrogen) atoms. The molecule has 1 saturated heterocycles. The van der Waals surface area contributed by atoms with Gasteiger partial charge in [-0.05, 0) is 43.4 Å². The standard InChI is InChI=1S/C21H36N4O/c1-5-13-25-14-10-18(11-15-25)24-21(22-4)23-12-16-26-20-9-7-6-8-19(20)17(2)3/h6-9,17-18H,5,10-16H2,1-4H3,(H2,22,23,24). The molecular weight excluding hydrogens is 324 g/mol. The number of benzene rings is 1. The van der Waals surface area contributed by atoms with E-state index < -0.39 is 0 Å². The summed E-state index contributed by atoms with van der Waals surface area (Å²) in [6, 6.07) is 8.79. The molecule has 0 aromatic heterocycles. The van der Waals surface area contributed by atoms with Crippen molar-refractivity contribution in [2.45, 2.75) is 52.0 Å². The predicted molar refractivity (Wildman–Crippen MR) is 110 cm³/mol. The van der Waals surface area contributed by atoms with Gasteiger partial charge in [-0.15, -0.1) is 0 Å². The van der Waals surface area contributed by atoms with Gasteiger partial charge in [0.1, 0.15) is 12.4 Å². The zero-order valence-electron chi connectivity index (χ0n) is 16.9. The Morgan fingerprint density at radius 2 is 2.00 bits per heavy atom. The van der Waals surface area contributed by atoms with Crippen molar-refractivity contribution in [3.8, 4) is 5.75 Å². The number of rotatable bonds is 8. The van der Waals surface area contributed by atoms with Gasteiger partial charge < -0.3 is 20.3 Å². The summed E-state index contributed by atoms with van der Waals surface area (Å²) in [7, 11) is 1.83. The molecule has 146 valence electrons. The van der Waals surface area contributed by atoms with E-state index >= 15 is 0 Å². The van der Waals surface area contributed by atoms with Crippen LogP contribution in [0.25, 0.3) is 0 Å². The normalized spacial score (nSPS) is 16.7. The molecule has 5 heteroatoms. The van der Waals surface area contributed by atoms with Gasteiger partial charge in [0.2, 0.25) is 0 Å². The third-order valence-electron chi connectivity index (χ3n) is 4.88. The van der Waals surface area contributed by atoms with Crippen molar-refractivity contribution in [3.05, 3.63) is 29.8 Å². The molecular formula is C21H36N4O. The van der Waals surface area contributed by atoms with Crippen LogP contribution < -0.4 is 15.4 Å². The summed E-state index contributed by atoms with van der Waals surface area (Å²) in [4.78, 5) is 6.90. The molecule has 2 rings (SSSR count). The van der Waals surface area contributed by atoms with Crippen LogP contribution in [-0.4, -0.2) is 56.7 Å². The highest BCUT2D eigenvalue weighted by Crippen LogP contribution is 2.25. The minimum atomic E-state index is 0.465. The van der Waals surface area contributed by atoms with Gasteiger partial charge in [0, 0.05) is 26.2 Å². The van der Waals surface area contributed by atoms with Crippen LogP contribution in [-0.2, 0) is 0 Å². The Labute approximate surface area is 159 Å². The SMILES string of the molecule is CCCN1CCC(NC(=NC)NCCOc2ccccc2C(C)C)CC1. The Bertz CT molecular complexity index is 551. The summed E-state index contributed by atoms with van der Waals surface area (Å²) in [6.07, 6.45) is 3.60. The quantitative estimate of drug-likeness (QED) is 0.424. The number of aliphatic imine (C=N–C) groups is 1. The monoisotopic (exact) mass is 360 g/mol. The van der Waals surface area contributed by atoms with E-state index in [9.17, 15) is 0 Å². The second-order valence-electron chi connectivity index (χ2n) is 7.30. The summed E-state index contributed by atoms with van der Waals surface area (Å²) >= 11 is 0. The molecule has 0 saturated carbocycles. The van der Waals surface area contributed by atoms with Gasteiger partial charge in [-0.1, -0.05) is 39.0 Å². The number of para-hydroxylation sites is 1. The van der Waals surface area contributed by atoms with Gasteiger partial charge in [0.25, 0.3) is 0 Å². The fourth-order valence-electron chi connectivity index (χ4n) is 3.42. The maximum absolute atomic E-state index is 5.97. The van der Waals surface area contributed by atoms with E-state index in [2.05, 4.69) is 53.4 Å². The number of likely N-dealkylation sites (tertiary alicyclic amines) is 1. The van der Waals surface area contributed by atoms with Gasteiger partial charge >= 0.3 is 0 Å². The molecule has 0 unspecified atom stereocenters. The van der Waals surface area contributed by atoms with E-state index in [-0.39, 0.29) is 0 Å². The molecule has 1 aliphatic rings. The molecule has 0 radical (unpaired) electrons. The molecule has 0 atom stereocenters. The van der Waals surface area contributed by atoms with Crippen LogP contribution in [0.4, 0.5) is 0 Å². The van der Waals surface area contributed by atoms with Gasteiger partial charge in [0.15, 0.2) is 5.96 Å². The van der Waals surface area contributed by atoms with Crippen LogP contribution in [0, 0.1) is 0 Å². The summed E-state index contributed by atoms with van der Waals surface area (Å²) in [5.74, 6) is 2.32. The Kier molecular flexibility index (Phi) is 8.75. The third kappa shape index (κ3) is 6.52. The summed E-state index contributed by atoms with van der Waals surface area (Å²) in [6.45, 7) is 11.6. The van der Waals surface area contributed by atoms with Crippen molar-refractivity contribution in [2.24, 2.45) is 4.99 Å². The van der Waals surface area contributed by atoms with Gasteiger partial charge in [-0.2, -0.15) is 0 Å². The van der Waals surface area contributed by atoms with Crippen molar-refractivity contribution >= 4 is 5.96 Å². The molecule has 0 amide bonds. The molecule has 1 aromatic rings. The maximum Gasteiger partial charge on any atom is 0.191 e. The highest BCUT2D eigenvalue weighted by atomic mass is 16.5. The zero-order valence-corrected chi connectivity index (χ0v) is 16.9. The summed E-state index contributed by atoms with van der Waals surface area (Å²) in [5, 5.41) is 6.93. The van der Waals surface area contributed by atoms with Gasteiger partial charge in [-0.3, -0.25) is 4.99 Å². The molecule has 1 heterocycles. The fraction of sp³-hybridized carbons (Fsp3) is 0.667. The lowest BCUT2D eigenvalue weighted by atomic mass is 10.0. The van der Waals surface area contributed by atoms with Crippen molar-refractivity contribution in [1.29, 1.82) is 0 Å². The van der Waals surface area contributed by atoms with E-state index in [1.54, 1.807) is 0 Å². The number of hydrogen-bond donors (Lipinski definition) is 2. The lowest BCUT2D eigenvalue weighted by molar-refractivity contribution is 0.206. The number of nitrogens with one attached hydrogen (secondary N) is 2. The Hall–Kier alpha value is -1.75. The second-order valence-corrected chi connectivity index (χ2v) is 7.30. The first-order valence-corrected chi connectivity index (χ1v) is 10.0. The molecule has 0 bridgehead atoms. The van der Waals surface area contributed by atoms with Crippen LogP contribution in [0.5, 0.6) is 5.75 Å². The first-order chi connectivity index (χ1) is 12.6. The van der Waals surface area contributed by atoms with Crippen molar-refractivity contribution < 1.29 is 4.74 Å². The topological polar surface area (TPSA) is 48.9 Å². The fourth-order valence-corrected chi connectivity index (χ4v) is 3.42. The summed E-state index contributed by atoms with van der Waals surface area (Å²) in [5.41, 5.74) is 1.26. The highest BCUT2D eigenvalue weighted by Gasteiger charge is 2.19. The van der Waals surface area contributed by atoms with Gasteiger partial charge in [0.05, 0.1) is 6.54 Å². The van der Waals surface area contributed by atoms with Crippen LogP contribution >= 0.6 is 0 Å². The van der Waals surface area contributed by atoms with E-state index in [1.165, 1.54) is 44.5 Å². The number of hydrogen-bond acceptors (Lipinski definition) is 3. The smallest absolute Gasteiger partial charge is 0.191 e. The average Bonchev–Trinajstić information content (AvgIpc) is 2.66. The van der Waals surface area contributed by atoms with Crippen LogP contribution in [0.2, 0.25) is 0 Å². The largest absolute Gasteiger partial charge is 0.491 e. The third-order valence-corrected chi connectivity index (χ3v) is 4.88. The Morgan fingerprint density at radius 3 is 2.65 bits per heavy atom. The lowest BCUT2D eigenvalue weighted by Crippen LogP contribution is -2.49. The second kappa shape index (κ2) is 11.1. The molecule has 5 nitrogen and oxygen atoms in total. The number of piperidine rings is 1.